The van der Waals surface area contributed by atoms with E-state index in [-0.39, 0.29) is 14.9 Å². The SMILES string of the molecule is C=CCN1C=CC=CC=C1.COC1(OC)CCC[SiH2]1. The molecule has 2 aliphatic heterocycles. The van der Waals surface area contributed by atoms with Crippen molar-refractivity contribution in [1.29, 1.82) is 0 Å². The zero-order chi connectivity index (χ0) is 14.0. The van der Waals surface area contributed by atoms with Gasteiger partial charge in [-0.25, -0.2) is 0 Å². The van der Waals surface area contributed by atoms with Crippen molar-refractivity contribution >= 4 is 9.52 Å². The smallest absolute Gasteiger partial charge is 0.144 e. The van der Waals surface area contributed by atoms with E-state index < -0.39 is 0 Å². The lowest BCUT2D eigenvalue weighted by atomic mass is 10.3. The molecule has 0 atom stereocenters. The van der Waals surface area contributed by atoms with Gasteiger partial charge in [0.15, 0.2) is 0 Å². The number of allylic oxidation sites excluding steroid dienone is 4. The fraction of sp³-hybridized carbons (Fsp3) is 0.467. The first kappa shape index (κ1) is 16.0. The summed E-state index contributed by atoms with van der Waals surface area (Å²) in [6.45, 7) is 4.53. The lowest BCUT2D eigenvalue weighted by molar-refractivity contribution is -0.142. The van der Waals surface area contributed by atoms with Crippen LogP contribution in [0.3, 0.4) is 0 Å². The average molecular weight is 279 g/mol. The quantitative estimate of drug-likeness (QED) is 0.448. The molecule has 0 N–H and O–H groups in total. The summed E-state index contributed by atoms with van der Waals surface area (Å²) < 4.78 is 10.6. The van der Waals surface area contributed by atoms with Crippen molar-refractivity contribution in [2.75, 3.05) is 20.8 Å². The summed E-state index contributed by atoms with van der Waals surface area (Å²) in [7, 11) is 3.41. The van der Waals surface area contributed by atoms with Gasteiger partial charge in [0.25, 0.3) is 0 Å². The second kappa shape index (κ2) is 8.91. The van der Waals surface area contributed by atoms with Gasteiger partial charge in [0.05, 0.1) is 9.52 Å². The van der Waals surface area contributed by atoms with Gasteiger partial charge in [0.2, 0.25) is 0 Å². The second-order valence-corrected chi connectivity index (χ2v) is 6.86. The minimum absolute atomic E-state index is 0.0833. The Bertz CT molecular complexity index is 322. The molecule has 1 saturated heterocycles. The number of methoxy groups -OCH3 is 2. The van der Waals surface area contributed by atoms with E-state index in [2.05, 4.69) is 11.5 Å². The maximum Gasteiger partial charge on any atom is 0.144 e. The molecule has 2 heterocycles. The number of hydrogen-bond acceptors (Lipinski definition) is 3. The highest BCUT2D eigenvalue weighted by Gasteiger charge is 2.33. The Hall–Kier alpha value is -1.10. The summed E-state index contributed by atoms with van der Waals surface area (Å²) in [6.07, 6.45) is 16.3. The van der Waals surface area contributed by atoms with Crippen LogP contribution >= 0.6 is 0 Å². The van der Waals surface area contributed by atoms with Crippen LogP contribution in [0.25, 0.3) is 0 Å². The first-order valence-electron chi connectivity index (χ1n) is 6.75. The van der Waals surface area contributed by atoms with Gasteiger partial charge in [0, 0.05) is 33.2 Å². The molecule has 19 heavy (non-hydrogen) atoms. The van der Waals surface area contributed by atoms with Gasteiger partial charge in [-0.1, -0.05) is 30.7 Å². The first-order chi connectivity index (χ1) is 9.26. The molecule has 0 spiro atoms. The van der Waals surface area contributed by atoms with Crippen molar-refractivity contribution < 1.29 is 9.47 Å². The molecular weight excluding hydrogens is 254 g/mol. The third-order valence-corrected chi connectivity index (χ3v) is 5.88. The van der Waals surface area contributed by atoms with Gasteiger partial charge < -0.3 is 14.4 Å². The summed E-state index contributed by atoms with van der Waals surface area (Å²) >= 11 is 0. The highest BCUT2D eigenvalue weighted by molar-refractivity contribution is 6.40. The summed E-state index contributed by atoms with van der Waals surface area (Å²) in [5.41, 5.74) is -0.0833. The second-order valence-electron chi connectivity index (χ2n) is 4.58. The van der Waals surface area contributed by atoms with E-state index in [1.54, 1.807) is 14.2 Å². The molecule has 0 aromatic carbocycles. The van der Waals surface area contributed by atoms with Crippen molar-refractivity contribution in [2.45, 2.75) is 24.3 Å². The Kier molecular flexibility index (Phi) is 7.48. The van der Waals surface area contributed by atoms with Crippen molar-refractivity contribution in [3.8, 4) is 0 Å². The molecule has 1 fully saturated rings. The maximum atomic E-state index is 5.29. The molecule has 0 bridgehead atoms. The molecular formula is C15H25NO2Si. The molecule has 3 nitrogen and oxygen atoms in total. The van der Waals surface area contributed by atoms with E-state index in [1.807, 2.05) is 42.8 Å². The predicted molar refractivity (Wildman–Crippen MR) is 83.7 cm³/mol. The Morgan fingerprint density at radius 2 is 1.84 bits per heavy atom. The molecule has 0 aliphatic carbocycles. The summed E-state index contributed by atoms with van der Waals surface area (Å²) in [6, 6.07) is 1.38. The molecule has 0 unspecified atom stereocenters. The number of ether oxygens (including phenoxy) is 2. The van der Waals surface area contributed by atoms with Crippen molar-refractivity contribution in [3.05, 3.63) is 49.4 Å². The molecule has 4 heteroatoms. The van der Waals surface area contributed by atoms with Gasteiger partial charge in [0.1, 0.15) is 5.41 Å². The molecule has 0 amide bonds. The summed E-state index contributed by atoms with van der Waals surface area (Å²) in [5.74, 6) is 0. The maximum absolute atomic E-state index is 5.29. The molecule has 0 saturated carbocycles. The van der Waals surface area contributed by atoms with Crippen LogP contribution in [0.4, 0.5) is 0 Å². The van der Waals surface area contributed by atoms with Crippen LogP contribution in [0, 0.1) is 0 Å². The molecule has 0 aromatic rings. The molecule has 2 aliphatic rings. The van der Waals surface area contributed by atoms with Crippen molar-refractivity contribution in [3.63, 3.8) is 0 Å². The van der Waals surface area contributed by atoms with E-state index in [1.165, 1.54) is 12.5 Å². The first-order valence-corrected chi connectivity index (χ1v) is 8.45. The van der Waals surface area contributed by atoms with Crippen LogP contribution in [0.1, 0.15) is 12.8 Å². The zero-order valence-corrected chi connectivity index (χ0v) is 13.5. The van der Waals surface area contributed by atoms with E-state index in [0.717, 1.165) is 13.0 Å². The largest absolute Gasteiger partial charge is 0.358 e. The zero-order valence-electron chi connectivity index (χ0n) is 12.0. The number of hydrogen-bond donors (Lipinski definition) is 0. The Labute approximate surface area is 119 Å². The number of rotatable bonds is 4. The van der Waals surface area contributed by atoms with Gasteiger partial charge in [-0.05, 0) is 18.6 Å². The van der Waals surface area contributed by atoms with E-state index in [4.69, 9.17) is 9.47 Å². The van der Waals surface area contributed by atoms with Gasteiger partial charge >= 0.3 is 0 Å². The van der Waals surface area contributed by atoms with E-state index in [0.29, 0.717) is 0 Å². The Morgan fingerprint density at radius 3 is 2.21 bits per heavy atom. The van der Waals surface area contributed by atoms with Crippen molar-refractivity contribution in [2.24, 2.45) is 0 Å². The highest BCUT2D eigenvalue weighted by Crippen LogP contribution is 2.26. The van der Waals surface area contributed by atoms with Crippen LogP contribution in [-0.4, -0.2) is 40.6 Å². The molecule has 0 aromatic heterocycles. The molecule has 0 radical (unpaired) electrons. The van der Waals surface area contributed by atoms with E-state index >= 15 is 0 Å². The fourth-order valence-corrected chi connectivity index (χ4v) is 4.12. The third kappa shape index (κ3) is 5.59. The predicted octanol–water partition coefficient (Wildman–Crippen LogP) is 2.39. The topological polar surface area (TPSA) is 21.7 Å². The standard InChI is InChI=1S/C9H11N.C6H14O2Si/c1-2-7-10-8-5-3-4-6-9-10;1-7-6(8-2)4-3-5-9-6/h2-6,8-9H,1,7H2;3-5,9H2,1-2H3. The minimum Gasteiger partial charge on any atom is -0.358 e. The van der Waals surface area contributed by atoms with Crippen LogP contribution in [0.5, 0.6) is 0 Å². The Morgan fingerprint density at radius 1 is 1.21 bits per heavy atom. The summed E-state index contributed by atoms with van der Waals surface area (Å²) in [4.78, 5) is 2.06. The summed E-state index contributed by atoms with van der Waals surface area (Å²) in [5, 5.41) is 0. The lowest BCUT2D eigenvalue weighted by Crippen LogP contribution is -2.35. The number of nitrogens with zero attached hydrogens (tertiary/aromatic N) is 1. The molecule has 2 rings (SSSR count). The highest BCUT2D eigenvalue weighted by atomic mass is 28.2. The van der Waals surface area contributed by atoms with Crippen LogP contribution in [0.15, 0.2) is 49.4 Å². The fourth-order valence-electron chi connectivity index (χ4n) is 2.17. The Balaban J connectivity index is 0.000000191. The van der Waals surface area contributed by atoms with Gasteiger partial charge in [-0.15, -0.1) is 6.58 Å². The normalized spacial score (nSPS) is 21.1. The van der Waals surface area contributed by atoms with Crippen LogP contribution in [-0.2, 0) is 9.47 Å². The van der Waals surface area contributed by atoms with E-state index in [9.17, 15) is 0 Å². The van der Waals surface area contributed by atoms with Crippen LogP contribution < -0.4 is 0 Å². The third-order valence-electron chi connectivity index (χ3n) is 3.34. The van der Waals surface area contributed by atoms with Gasteiger partial charge in [-0.2, -0.15) is 0 Å². The molecule has 106 valence electrons. The lowest BCUT2D eigenvalue weighted by Gasteiger charge is -2.25. The minimum atomic E-state index is -0.0941. The van der Waals surface area contributed by atoms with Crippen LogP contribution in [0.2, 0.25) is 6.04 Å². The average Bonchev–Trinajstić information content (AvgIpc) is 2.79. The van der Waals surface area contributed by atoms with Gasteiger partial charge in [-0.3, -0.25) is 0 Å². The monoisotopic (exact) mass is 279 g/mol. The van der Waals surface area contributed by atoms with Crippen molar-refractivity contribution in [1.82, 2.24) is 4.90 Å².